The second kappa shape index (κ2) is 12.6. The van der Waals surface area contributed by atoms with Crippen molar-refractivity contribution in [1.82, 2.24) is 9.97 Å². The number of fused-ring (bicyclic) bond motifs is 1. The average Bonchev–Trinajstić information content (AvgIpc) is 3.52. The molecule has 1 saturated heterocycles. The van der Waals surface area contributed by atoms with Crippen LogP contribution in [-0.2, 0) is 22.6 Å². The van der Waals surface area contributed by atoms with Gasteiger partial charge in [-0.25, -0.2) is 19.2 Å². The molecule has 0 atom stereocenters. The molecule has 2 aromatic heterocycles. The maximum absolute atomic E-state index is 14.3. The van der Waals surface area contributed by atoms with E-state index >= 15 is 0 Å². The monoisotopic (exact) mass is 595 g/mol. The number of Topliss-reactive ketones (excluding diaryl/α,β-unsaturated/α-hetero) is 1. The Morgan fingerprint density at radius 3 is 2.34 bits per heavy atom. The van der Waals surface area contributed by atoms with E-state index in [2.05, 4.69) is 15.5 Å². The number of nitrogens with zero attached hydrogens (tertiary/aromatic N) is 3. The Morgan fingerprint density at radius 1 is 0.909 bits per heavy atom. The third kappa shape index (κ3) is 6.43. The Morgan fingerprint density at radius 2 is 1.64 bits per heavy atom. The van der Waals surface area contributed by atoms with Gasteiger partial charge in [0.05, 0.1) is 18.7 Å². The van der Waals surface area contributed by atoms with E-state index in [0.717, 1.165) is 27.8 Å². The number of rotatable bonds is 8. The summed E-state index contributed by atoms with van der Waals surface area (Å²) in [6.45, 7) is 3.83. The van der Waals surface area contributed by atoms with Crippen LogP contribution < -0.4 is 15.5 Å². The zero-order valence-corrected chi connectivity index (χ0v) is 24.0. The first-order valence-corrected chi connectivity index (χ1v) is 14.2. The van der Waals surface area contributed by atoms with Gasteiger partial charge < -0.3 is 29.8 Å². The number of amides is 2. The standard InChI is InChI=1S/C33H30FN5O5/c1-20(41)16-22-4-8-25(18-28(22)34)36-33(42)35-24-6-2-21(3-7-24)31-37-29-17-23(30-11-9-26(19-40)44-30)5-10-27(29)32(38-31)39-12-14-43-15-13-39/h2-11,17-18,40H,12-16,19H2,1H3,(H2,35,36,42). The number of hydrogen-bond acceptors (Lipinski definition) is 8. The molecule has 0 spiro atoms. The molecule has 0 radical (unpaired) electrons. The fourth-order valence-corrected chi connectivity index (χ4v) is 5.06. The Balaban J connectivity index is 1.24. The van der Waals surface area contributed by atoms with Crippen molar-refractivity contribution in [1.29, 1.82) is 0 Å². The summed E-state index contributed by atoms with van der Waals surface area (Å²) in [5.74, 6) is 1.73. The number of morpholine rings is 1. The third-order valence-corrected chi connectivity index (χ3v) is 7.24. The van der Waals surface area contributed by atoms with E-state index in [9.17, 15) is 19.1 Å². The number of halogens is 1. The van der Waals surface area contributed by atoms with Crippen LogP contribution >= 0.6 is 0 Å². The van der Waals surface area contributed by atoms with Gasteiger partial charge >= 0.3 is 6.03 Å². The summed E-state index contributed by atoms with van der Waals surface area (Å²) in [6.07, 6.45) is -0.00384. The van der Waals surface area contributed by atoms with E-state index in [1.807, 2.05) is 36.4 Å². The molecule has 3 aromatic carbocycles. The molecule has 10 nitrogen and oxygen atoms in total. The van der Waals surface area contributed by atoms with Crippen LogP contribution in [0.1, 0.15) is 18.2 Å². The maximum Gasteiger partial charge on any atom is 0.323 e. The van der Waals surface area contributed by atoms with E-state index in [1.54, 1.807) is 24.3 Å². The number of ketones is 1. The molecular weight excluding hydrogens is 565 g/mol. The lowest BCUT2D eigenvalue weighted by molar-refractivity contribution is -0.116. The summed E-state index contributed by atoms with van der Waals surface area (Å²) in [7, 11) is 0. The molecule has 0 aliphatic carbocycles. The number of anilines is 3. The quantitative estimate of drug-likeness (QED) is 0.205. The number of furan rings is 1. The fraction of sp³-hybridized carbons (Fsp3) is 0.212. The van der Waals surface area contributed by atoms with Crippen LogP contribution in [0.2, 0.25) is 0 Å². The van der Waals surface area contributed by atoms with Crippen molar-refractivity contribution in [3.63, 3.8) is 0 Å². The summed E-state index contributed by atoms with van der Waals surface area (Å²) in [6, 6.07) is 20.2. The molecule has 3 heterocycles. The largest absolute Gasteiger partial charge is 0.459 e. The third-order valence-electron chi connectivity index (χ3n) is 7.24. The summed E-state index contributed by atoms with van der Waals surface area (Å²) in [5, 5.41) is 15.7. The minimum Gasteiger partial charge on any atom is -0.459 e. The number of carbonyl (C=O) groups excluding carboxylic acids is 2. The van der Waals surface area contributed by atoms with E-state index in [1.165, 1.54) is 19.1 Å². The van der Waals surface area contributed by atoms with Gasteiger partial charge in [0.2, 0.25) is 0 Å². The molecule has 1 fully saturated rings. The Kier molecular flexibility index (Phi) is 8.31. The number of hydrogen-bond donors (Lipinski definition) is 3. The summed E-state index contributed by atoms with van der Waals surface area (Å²) < 4.78 is 25.6. The van der Waals surface area contributed by atoms with Crippen molar-refractivity contribution in [3.05, 3.63) is 89.9 Å². The second-order valence-electron chi connectivity index (χ2n) is 10.5. The lowest BCUT2D eigenvalue weighted by Crippen LogP contribution is -2.37. The normalized spacial score (nSPS) is 13.2. The van der Waals surface area contributed by atoms with Crippen LogP contribution in [0.4, 0.5) is 26.4 Å². The molecular formula is C33H30FN5O5. The SMILES string of the molecule is CC(=O)Cc1ccc(NC(=O)Nc2ccc(-c3nc(N4CCOCC4)c4ccc(-c5ccc(CO)o5)cc4n3)cc2)cc1F. The molecule has 6 rings (SSSR count). The van der Waals surface area contributed by atoms with Crippen molar-refractivity contribution in [2.24, 2.45) is 0 Å². The van der Waals surface area contributed by atoms with Gasteiger partial charge in [0.15, 0.2) is 5.82 Å². The summed E-state index contributed by atoms with van der Waals surface area (Å²) in [5.41, 5.74) is 3.38. The van der Waals surface area contributed by atoms with Gasteiger partial charge in [-0.15, -0.1) is 0 Å². The lowest BCUT2D eigenvalue weighted by atomic mass is 10.1. The molecule has 1 aliphatic heterocycles. The van der Waals surface area contributed by atoms with Crippen molar-refractivity contribution in [2.45, 2.75) is 20.0 Å². The van der Waals surface area contributed by atoms with Crippen molar-refractivity contribution in [3.8, 4) is 22.7 Å². The van der Waals surface area contributed by atoms with E-state index < -0.39 is 11.8 Å². The Hall–Kier alpha value is -5.13. The van der Waals surface area contributed by atoms with Crippen LogP contribution in [-0.4, -0.2) is 53.2 Å². The first kappa shape index (κ1) is 29.0. The lowest BCUT2D eigenvalue weighted by Gasteiger charge is -2.29. The van der Waals surface area contributed by atoms with Gasteiger partial charge in [0, 0.05) is 47.4 Å². The highest BCUT2D eigenvalue weighted by molar-refractivity contribution is 6.00. The number of aliphatic hydroxyl groups is 1. The van der Waals surface area contributed by atoms with Gasteiger partial charge in [-0.05, 0) is 73.2 Å². The number of benzene rings is 3. The average molecular weight is 596 g/mol. The number of aromatic nitrogens is 2. The number of aliphatic hydroxyl groups excluding tert-OH is 1. The van der Waals surface area contributed by atoms with Gasteiger partial charge in [0.1, 0.15) is 35.5 Å². The molecule has 224 valence electrons. The van der Waals surface area contributed by atoms with Crippen LogP contribution in [0.15, 0.2) is 77.2 Å². The van der Waals surface area contributed by atoms with Gasteiger partial charge in [-0.2, -0.15) is 0 Å². The number of ether oxygens (including phenoxy) is 1. The molecule has 2 amide bonds. The zero-order chi connectivity index (χ0) is 30.6. The molecule has 5 aromatic rings. The molecule has 1 aliphatic rings. The molecule has 0 unspecified atom stereocenters. The highest BCUT2D eigenvalue weighted by Gasteiger charge is 2.19. The maximum atomic E-state index is 14.3. The Bertz CT molecular complexity index is 1830. The first-order chi connectivity index (χ1) is 21.4. The summed E-state index contributed by atoms with van der Waals surface area (Å²) in [4.78, 5) is 35.9. The smallest absolute Gasteiger partial charge is 0.323 e. The number of urea groups is 1. The van der Waals surface area contributed by atoms with E-state index in [-0.39, 0.29) is 30.1 Å². The molecule has 3 N–H and O–H groups in total. The predicted molar refractivity (Wildman–Crippen MR) is 165 cm³/mol. The van der Waals surface area contributed by atoms with Gasteiger partial charge in [0.25, 0.3) is 0 Å². The van der Waals surface area contributed by atoms with Crippen LogP contribution in [0.5, 0.6) is 0 Å². The molecule has 11 heteroatoms. The highest BCUT2D eigenvalue weighted by atomic mass is 19.1. The second-order valence-corrected chi connectivity index (χ2v) is 10.5. The zero-order valence-electron chi connectivity index (χ0n) is 24.0. The fourth-order valence-electron chi connectivity index (χ4n) is 5.06. The van der Waals surface area contributed by atoms with Crippen molar-refractivity contribution in [2.75, 3.05) is 41.8 Å². The first-order valence-electron chi connectivity index (χ1n) is 14.2. The van der Waals surface area contributed by atoms with Crippen molar-refractivity contribution >= 4 is 39.9 Å². The number of nitrogens with one attached hydrogen (secondary N) is 2. The predicted octanol–water partition coefficient (Wildman–Crippen LogP) is 5.80. The van der Waals surface area contributed by atoms with E-state index in [0.29, 0.717) is 49.3 Å². The van der Waals surface area contributed by atoms with Crippen molar-refractivity contribution < 1.29 is 28.2 Å². The molecule has 0 bridgehead atoms. The van der Waals surface area contributed by atoms with E-state index in [4.69, 9.17) is 19.1 Å². The minimum atomic E-state index is -0.555. The number of carbonyl (C=O) groups is 2. The Labute approximate surface area is 252 Å². The van der Waals surface area contributed by atoms with Crippen LogP contribution in [0.3, 0.4) is 0 Å². The molecule has 44 heavy (non-hydrogen) atoms. The highest BCUT2D eigenvalue weighted by Crippen LogP contribution is 2.32. The minimum absolute atomic E-state index is 0.00384. The van der Waals surface area contributed by atoms with Gasteiger partial charge in [-0.1, -0.05) is 12.1 Å². The van der Waals surface area contributed by atoms with Gasteiger partial charge in [-0.3, -0.25) is 4.79 Å². The topological polar surface area (TPSA) is 130 Å². The van der Waals surface area contributed by atoms with Crippen LogP contribution in [0.25, 0.3) is 33.6 Å². The summed E-state index contributed by atoms with van der Waals surface area (Å²) >= 11 is 0. The van der Waals surface area contributed by atoms with Crippen LogP contribution in [0, 0.1) is 5.82 Å². The molecule has 0 saturated carbocycles.